The van der Waals surface area contributed by atoms with Crippen molar-refractivity contribution in [3.8, 4) is 0 Å². The first-order valence-corrected chi connectivity index (χ1v) is 4.36. The standard InChI is InChI=1S/C5H12O3.C4H4O4/c1-7-4-5-8-3-2-6;5-3(6)1-2-4(7)8/h6H,2-5H2,1H3;1-2H,(H,5,6)(H,7,8)/b;2-1-. The Morgan fingerprint density at radius 2 is 1.56 bits per heavy atom. The first-order valence-electron chi connectivity index (χ1n) is 4.36. The van der Waals surface area contributed by atoms with Crippen LogP contribution < -0.4 is 0 Å². The molecule has 0 unspecified atom stereocenters. The molecule has 0 rings (SSSR count). The summed E-state index contributed by atoms with van der Waals surface area (Å²) in [6.45, 7) is 1.66. The first kappa shape index (κ1) is 17.0. The van der Waals surface area contributed by atoms with Gasteiger partial charge < -0.3 is 24.8 Å². The number of hydrogen-bond acceptors (Lipinski definition) is 5. The lowest BCUT2D eigenvalue weighted by molar-refractivity contribution is -0.134. The van der Waals surface area contributed by atoms with E-state index in [1.807, 2.05) is 0 Å². The summed E-state index contributed by atoms with van der Waals surface area (Å²) in [5.41, 5.74) is 0. The van der Waals surface area contributed by atoms with E-state index < -0.39 is 11.9 Å². The molecule has 0 fully saturated rings. The third-order valence-electron chi connectivity index (χ3n) is 1.04. The van der Waals surface area contributed by atoms with E-state index in [9.17, 15) is 9.59 Å². The fourth-order valence-electron chi connectivity index (χ4n) is 0.451. The number of carbonyl (C=O) groups is 2. The minimum absolute atomic E-state index is 0.0870. The zero-order valence-electron chi connectivity index (χ0n) is 8.96. The van der Waals surface area contributed by atoms with Crippen LogP contribution in [0.15, 0.2) is 12.2 Å². The van der Waals surface area contributed by atoms with Crippen molar-refractivity contribution in [2.45, 2.75) is 0 Å². The highest BCUT2D eigenvalue weighted by atomic mass is 16.5. The summed E-state index contributed by atoms with van der Waals surface area (Å²) in [7, 11) is 1.61. The lowest BCUT2D eigenvalue weighted by Gasteiger charge is -1.98. The van der Waals surface area contributed by atoms with Crippen LogP contribution >= 0.6 is 0 Å². The number of ether oxygens (including phenoxy) is 2. The minimum Gasteiger partial charge on any atom is -0.478 e. The number of aliphatic hydroxyl groups excluding tert-OH is 1. The van der Waals surface area contributed by atoms with Crippen LogP contribution in [0.2, 0.25) is 0 Å². The summed E-state index contributed by atoms with van der Waals surface area (Å²) in [6, 6.07) is 0. The molecule has 0 aliphatic rings. The Kier molecular flexibility index (Phi) is 14.4. The number of carboxylic acids is 2. The van der Waals surface area contributed by atoms with E-state index in [2.05, 4.69) is 4.74 Å². The second kappa shape index (κ2) is 13.6. The van der Waals surface area contributed by atoms with Crippen LogP contribution in [-0.2, 0) is 19.1 Å². The summed E-state index contributed by atoms with van der Waals surface area (Å²) in [4.78, 5) is 19.1. The molecule has 0 radical (unpaired) electrons. The molecule has 0 amide bonds. The van der Waals surface area contributed by atoms with Gasteiger partial charge in [-0.15, -0.1) is 0 Å². The summed E-state index contributed by atoms with van der Waals surface area (Å²) in [5.74, 6) is -2.51. The largest absolute Gasteiger partial charge is 0.478 e. The lowest BCUT2D eigenvalue weighted by Crippen LogP contribution is -2.05. The molecule has 0 spiro atoms. The van der Waals surface area contributed by atoms with Gasteiger partial charge in [-0.1, -0.05) is 0 Å². The Bertz CT molecular complexity index is 190. The van der Waals surface area contributed by atoms with E-state index in [-0.39, 0.29) is 6.61 Å². The first-order chi connectivity index (χ1) is 7.54. The second-order valence-corrected chi connectivity index (χ2v) is 2.34. The van der Waals surface area contributed by atoms with Crippen molar-refractivity contribution < 1.29 is 34.4 Å². The zero-order chi connectivity index (χ0) is 12.8. The van der Waals surface area contributed by atoms with Crippen LogP contribution in [0.1, 0.15) is 0 Å². The molecule has 3 N–H and O–H groups in total. The maximum absolute atomic E-state index is 9.55. The molecule has 0 bridgehead atoms. The van der Waals surface area contributed by atoms with Gasteiger partial charge in [0.2, 0.25) is 0 Å². The van der Waals surface area contributed by atoms with Gasteiger partial charge in [-0.2, -0.15) is 0 Å². The van der Waals surface area contributed by atoms with Crippen molar-refractivity contribution >= 4 is 11.9 Å². The molecule has 7 heteroatoms. The summed E-state index contributed by atoms with van der Waals surface area (Å²) >= 11 is 0. The normalized spacial score (nSPS) is 9.62. The predicted molar refractivity (Wildman–Crippen MR) is 54.2 cm³/mol. The van der Waals surface area contributed by atoms with Crippen molar-refractivity contribution in [3.05, 3.63) is 12.2 Å². The van der Waals surface area contributed by atoms with E-state index in [1.54, 1.807) is 7.11 Å². The highest BCUT2D eigenvalue weighted by Gasteiger charge is 1.88. The monoisotopic (exact) mass is 236 g/mol. The average Bonchev–Trinajstić information content (AvgIpc) is 2.23. The highest BCUT2D eigenvalue weighted by Crippen LogP contribution is 1.72. The van der Waals surface area contributed by atoms with Gasteiger partial charge in [0, 0.05) is 19.3 Å². The van der Waals surface area contributed by atoms with E-state index in [1.165, 1.54) is 0 Å². The Hall–Kier alpha value is -1.44. The molecule has 0 aromatic carbocycles. The summed E-state index contributed by atoms with van der Waals surface area (Å²) in [6.07, 6.45) is 1.12. The van der Waals surface area contributed by atoms with Gasteiger partial charge in [0.25, 0.3) is 0 Å². The second-order valence-electron chi connectivity index (χ2n) is 2.34. The van der Waals surface area contributed by atoms with Crippen molar-refractivity contribution in [1.29, 1.82) is 0 Å². The lowest BCUT2D eigenvalue weighted by atomic mass is 10.5. The van der Waals surface area contributed by atoms with Crippen molar-refractivity contribution in [3.63, 3.8) is 0 Å². The van der Waals surface area contributed by atoms with Crippen LogP contribution in [-0.4, -0.2) is 60.8 Å². The van der Waals surface area contributed by atoms with E-state index in [4.69, 9.17) is 20.1 Å². The number of aliphatic hydroxyl groups is 1. The summed E-state index contributed by atoms with van der Waals surface area (Å²) < 4.78 is 9.53. The zero-order valence-corrected chi connectivity index (χ0v) is 8.96. The molecule has 0 saturated carbocycles. The topological polar surface area (TPSA) is 113 Å². The third-order valence-corrected chi connectivity index (χ3v) is 1.04. The van der Waals surface area contributed by atoms with Crippen molar-refractivity contribution in [2.75, 3.05) is 33.5 Å². The molecule has 0 aliphatic heterocycles. The van der Waals surface area contributed by atoms with Gasteiger partial charge in [-0.05, 0) is 0 Å². The van der Waals surface area contributed by atoms with Gasteiger partial charge in [-0.25, -0.2) is 9.59 Å². The predicted octanol–water partition coefficient (Wildman–Crippen LogP) is -0.646. The van der Waals surface area contributed by atoms with Crippen LogP contribution in [0.25, 0.3) is 0 Å². The fourth-order valence-corrected chi connectivity index (χ4v) is 0.451. The van der Waals surface area contributed by atoms with Crippen molar-refractivity contribution in [1.82, 2.24) is 0 Å². The summed E-state index contributed by atoms with van der Waals surface area (Å²) in [5, 5.41) is 23.8. The van der Waals surface area contributed by atoms with Crippen LogP contribution in [0, 0.1) is 0 Å². The van der Waals surface area contributed by atoms with Gasteiger partial charge in [0.05, 0.1) is 26.4 Å². The number of methoxy groups -OCH3 is 1. The molecule has 0 heterocycles. The van der Waals surface area contributed by atoms with Gasteiger partial charge >= 0.3 is 11.9 Å². The molecule has 0 atom stereocenters. The minimum atomic E-state index is -1.26. The molecule has 0 saturated heterocycles. The van der Waals surface area contributed by atoms with Crippen LogP contribution in [0.5, 0.6) is 0 Å². The molecule has 0 aliphatic carbocycles. The molecule has 0 aromatic rings. The van der Waals surface area contributed by atoms with E-state index in [0.29, 0.717) is 32.0 Å². The number of carboxylic acid groups (broad SMARTS) is 2. The Labute approximate surface area is 92.9 Å². The molecule has 94 valence electrons. The number of aliphatic carboxylic acids is 2. The van der Waals surface area contributed by atoms with Crippen molar-refractivity contribution in [2.24, 2.45) is 0 Å². The molecule has 16 heavy (non-hydrogen) atoms. The molecule has 0 aromatic heterocycles. The SMILES string of the molecule is COCCOCCO.O=C(O)/C=C\C(=O)O. The van der Waals surface area contributed by atoms with E-state index in [0.717, 1.165) is 0 Å². The maximum atomic E-state index is 9.55. The van der Waals surface area contributed by atoms with Gasteiger partial charge in [-0.3, -0.25) is 0 Å². The van der Waals surface area contributed by atoms with E-state index >= 15 is 0 Å². The smallest absolute Gasteiger partial charge is 0.328 e. The quantitative estimate of drug-likeness (QED) is 0.397. The van der Waals surface area contributed by atoms with Gasteiger partial charge in [0.1, 0.15) is 0 Å². The highest BCUT2D eigenvalue weighted by molar-refractivity contribution is 5.89. The molecular weight excluding hydrogens is 220 g/mol. The van der Waals surface area contributed by atoms with Gasteiger partial charge in [0.15, 0.2) is 0 Å². The number of hydrogen-bond donors (Lipinski definition) is 3. The third kappa shape index (κ3) is 22.9. The molecular formula is C9H16O7. The molecule has 7 nitrogen and oxygen atoms in total. The Morgan fingerprint density at radius 1 is 1.06 bits per heavy atom. The Balaban J connectivity index is 0. The number of rotatable bonds is 7. The van der Waals surface area contributed by atoms with Crippen LogP contribution in [0.3, 0.4) is 0 Å². The van der Waals surface area contributed by atoms with Crippen LogP contribution in [0.4, 0.5) is 0 Å². The maximum Gasteiger partial charge on any atom is 0.328 e. The average molecular weight is 236 g/mol. The Morgan fingerprint density at radius 3 is 1.88 bits per heavy atom. The fraction of sp³-hybridized carbons (Fsp3) is 0.556.